The highest BCUT2D eigenvalue weighted by molar-refractivity contribution is 5.87. The van der Waals surface area contributed by atoms with Crippen LogP contribution in [-0.4, -0.2) is 0 Å². The second-order valence-electron chi connectivity index (χ2n) is 10.0. The third kappa shape index (κ3) is 23.2. The van der Waals surface area contributed by atoms with E-state index in [0.29, 0.717) is 0 Å². The Balaban J connectivity index is -0.000000409. The van der Waals surface area contributed by atoms with E-state index in [2.05, 4.69) is 140 Å². The van der Waals surface area contributed by atoms with Crippen molar-refractivity contribution >= 4 is 11.1 Å². The van der Waals surface area contributed by atoms with Crippen molar-refractivity contribution in [3.63, 3.8) is 0 Å². The lowest BCUT2D eigenvalue weighted by Crippen LogP contribution is -1.95. The van der Waals surface area contributed by atoms with Gasteiger partial charge in [-0.15, -0.1) is 12.8 Å². The molecular formula is C50H68. The van der Waals surface area contributed by atoms with Crippen molar-refractivity contribution in [1.82, 2.24) is 0 Å². The molecule has 1 rings (SSSR count). The number of benzene rings is 1. The normalized spacial score (nSPS) is 12.7. The number of rotatable bonds is 15. The average Bonchev–Trinajstić information content (AvgIpc) is 3.15. The van der Waals surface area contributed by atoms with Crippen molar-refractivity contribution in [1.29, 1.82) is 0 Å². The van der Waals surface area contributed by atoms with E-state index >= 15 is 0 Å². The first kappa shape index (κ1) is 51.7. The molecule has 0 N–H and O–H groups in total. The molecule has 0 fully saturated rings. The van der Waals surface area contributed by atoms with Gasteiger partial charge in [0.1, 0.15) is 0 Å². The molecule has 0 unspecified atom stereocenters. The maximum atomic E-state index is 4.23. The first-order valence-corrected chi connectivity index (χ1v) is 17.5. The van der Waals surface area contributed by atoms with E-state index in [1.54, 1.807) is 6.08 Å². The van der Waals surface area contributed by atoms with Crippen LogP contribution in [0.1, 0.15) is 93.7 Å². The highest BCUT2D eigenvalue weighted by Crippen LogP contribution is 2.32. The highest BCUT2D eigenvalue weighted by atomic mass is 14.2. The van der Waals surface area contributed by atoms with Crippen LogP contribution < -0.4 is 0 Å². The maximum Gasteiger partial charge on any atom is -0.00766 e. The summed E-state index contributed by atoms with van der Waals surface area (Å²) < 4.78 is 0. The van der Waals surface area contributed by atoms with Crippen LogP contribution in [0.5, 0.6) is 0 Å². The Hall–Kier alpha value is -5.12. The van der Waals surface area contributed by atoms with E-state index in [4.69, 9.17) is 0 Å². The van der Waals surface area contributed by atoms with Gasteiger partial charge in [0.05, 0.1) is 0 Å². The van der Waals surface area contributed by atoms with E-state index in [1.165, 1.54) is 22.3 Å². The van der Waals surface area contributed by atoms with Crippen molar-refractivity contribution in [3.05, 3.63) is 205 Å². The number of hydrogen-bond donors (Lipinski definition) is 0. The van der Waals surface area contributed by atoms with Gasteiger partial charge in [0, 0.05) is 0 Å². The summed E-state index contributed by atoms with van der Waals surface area (Å²) in [6.07, 6.45) is 43.2. The Morgan fingerprint density at radius 3 is 1.54 bits per heavy atom. The second kappa shape index (κ2) is 36.7. The Morgan fingerprint density at radius 1 is 0.620 bits per heavy atom. The molecule has 0 heterocycles. The van der Waals surface area contributed by atoms with Crippen LogP contribution in [0.4, 0.5) is 0 Å². The summed E-state index contributed by atoms with van der Waals surface area (Å²) in [6.45, 7) is 42.0. The summed E-state index contributed by atoms with van der Waals surface area (Å²) in [6, 6.07) is 8.61. The molecule has 0 atom stereocenters. The Bertz CT molecular complexity index is 1470. The zero-order valence-electron chi connectivity index (χ0n) is 33.5. The highest BCUT2D eigenvalue weighted by Gasteiger charge is 2.11. The summed E-state index contributed by atoms with van der Waals surface area (Å²) in [5.74, 6) is 0. The third-order valence-corrected chi connectivity index (χ3v) is 6.49. The first-order chi connectivity index (χ1) is 24.2. The molecule has 0 amide bonds. The van der Waals surface area contributed by atoms with Crippen LogP contribution in [0.25, 0.3) is 11.1 Å². The molecule has 0 spiro atoms. The summed E-state index contributed by atoms with van der Waals surface area (Å²) >= 11 is 0. The quantitative estimate of drug-likeness (QED) is 0.129. The minimum Gasteiger partial charge on any atom is -0.124 e. The van der Waals surface area contributed by atoms with Crippen LogP contribution in [0.2, 0.25) is 0 Å². The van der Waals surface area contributed by atoms with E-state index in [0.717, 1.165) is 39.8 Å². The van der Waals surface area contributed by atoms with Crippen LogP contribution in [0.15, 0.2) is 194 Å². The molecular weight excluding hydrogens is 601 g/mol. The van der Waals surface area contributed by atoms with Crippen molar-refractivity contribution in [2.24, 2.45) is 0 Å². The predicted octanol–water partition coefficient (Wildman–Crippen LogP) is 15.9. The molecule has 0 saturated carbocycles. The molecule has 0 saturated heterocycles. The second-order valence-corrected chi connectivity index (χ2v) is 10.0. The largest absolute Gasteiger partial charge is 0.124 e. The van der Waals surface area contributed by atoms with E-state index in [-0.39, 0.29) is 0 Å². The maximum absolute atomic E-state index is 4.23. The zero-order chi connectivity index (χ0) is 39.3. The SMILES string of the molecule is C#C.C=C/C=C(C)/C=C/C(C)=C/C=C(\C=C)CC.C=C/C=C(\C=C/C)c1ccc(C(/C(C)=C/C=C\C)=C(\C=C)C(=C)/C=C\C)cc1.CC.CC. The Morgan fingerprint density at radius 2 is 1.12 bits per heavy atom. The van der Waals surface area contributed by atoms with Gasteiger partial charge in [-0.25, -0.2) is 0 Å². The van der Waals surface area contributed by atoms with Crippen molar-refractivity contribution < 1.29 is 0 Å². The summed E-state index contributed by atoms with van der Waals surface area (Å²) in [5, 5.41) is 0. The van der Waals surface area contributed by atoms with Gasteiger partial charge >= 0.3 is 0 Å². The van der Waals surface area contributed by atoms with Gasteiger partial charge < -0.3 is 0 Å². The molecule has 50 heavy (non-hydrogen) atoms. The van der Waals surface area contributed by atoms with Crippen molar-refractivity contribution in [2.45, 2.75) is 82.6 Å². The average molecular weight is 669 g/mol. The summed E-state index contributed by atoms with van der Waals surface area (Å²) in [7, 11) is 0. The standard InChI is InChI=1S/C28H32.C16H22.2C2H6.C2H2/c1-8-13-17-23(7)28(27(12-5)22(6)14-9-2)26-20-18-25(19-21-26)24(15-10-3)16-11-4;1-6-9-14(4)10-11-15(5)12-13-16(7-2)8-3;3*1-2/h8-21H,3,5-6H2,1-2,4,7H3;6-7,9-13H,1-2,8H2,3-5H3;2*1-2H3;1-2H/b13-8-,14-9-,16-11-,23-17+,24-15+,28-27+;11-10+,14-9+,15-12+,16-13+;;;. The third-order valence-electron chi connectivity index (χ3n) is 6.49. The summed E-state index contributed by atoms with van der Waals surface area (Å²) in [5.41, 5.74) is 11.4. The van der Waals surface area contributed by atoms with Gasteiger partial charge in [-0.05, 0) is 92.5 Å². The molecule has 0 aliphatic rings. The van der Waals surface area contributed by atoms with Gasteiger partial charge in [-0.1, -0.05) is 206 Å². The van der Waals surface area contributed by atoms with Crippen molar-refractivity contribution in [2.75, 3.05) is 0 Å². The molecule has 0 nitrogen and oxygen atoms in total. The Kier molecular flexibility index (Phi) is 38.0. The van der Waals surface area contributed by atoms with Gasteiger partial charge in [0.2, 0.25) is 0 Å². The monoisotopic (exact) mass is 669 g/mol. The van der Waals surface area contributed by atoms with E-state index in [1.807, 2.05) is 103 Å². The summed E-state index contributed by atoms with van der Waals surface area (Å²) in [4.78, 5) is 0. The minimum absolute atomic E-state index is 0.950. The number of hydrogen-bond acceptors (Lipinski definition) is 0. The predicted molar refractivity (Wildman–Crippen MR) is 237 cm³/mol. The molecule has 0 bridgehead atoms. The smallest absolute Gasteiger partial charge is 0.00766 e. The van der Waals surface area contributed by atoms with E-state index in [9.17, 15) is 0 Å². The van der Waals surface area contributed by atoms with Crippen LogP contribution >= 0.6 is 0 Å². The molecule has 268 valence electrons. The minimum atomic E-state index is 0.950. The first-order valence-electron chi connectivity index (χ1n) is 17.5. The molecule has 0 heteroatoms. The lowest BCUT2D eigenvalue weighted by molar-refractivity contribution is 1.15. The van der Waals surface area contributed by atoms with Gasteiger partial charge in [-0.3, -0.25) is 0 Å². The van der Waals surface area contributed by atoms with Gasteiger partial charge in [-0.2, -0.15) is 0 Å². The fourth-order valence-corrected chi connectivity index (χ4v) is 4.12. The topological polar surface area (TPSA) is 0 Å². The van der Waals surface area contributed by atoms with E-state index < -0.39 is 0 Å². The van der Waals surface area contributed by atoms with Crippen LogP contribution in [0, 0.1) is 12.8 Å². The number of terminal acetylenes is 1. The van der Waals surface area contributed by atoms with Gasteiger partial charge in [0.25, 0.3) is 0 Å². The fraction of sp³-hybridized carbons (Fsp3) is 0.240. The fourth-order valence-electron chi connectivity index (χ4n) is 4.12. The van der Waals surface area contributed by atoms with Crippen molar-refractivity contribution in [3.8, 4) is 12.8 Å². The number of allylic oxidation sites excluding steroid dienone is 25. The molecule has 0 aliphatic heterocycles. The molecule has 0 aromatic heterocycles. The molecule has 0 radical (unpaired) electrons. The Labute approximate surface area is 310 Å². The molecule has 1 aromatic rings. The van der Waals surface area contributed by atoms with Crippen LogP contribution in [0.3, 0.4) is 0 Å². The lowest BCUT2D eigenvalue weighted by Gasteiger charge is -2.15. The molecule has 1 aromatic carbocycles. The molecule has 0 aliphatic carbocycles. The van der Waals surface area contributed by atoms with Gasteiger partial charge in [0.15, 0.2) is 0 Å². The lowest BCUT2D eigenvalue weighted by atomic mass is 9.89. The zero-order valence-corrected chi connectivity index (χ0v) is 33.5. The van der Waals surface area contributed by atoms with Crippen LogP contribution in [-0.2, 0) is 0 Å².